The summed E-state index contributed by atoms with van der Waals surface area (Å²) in [6, 6.07) is 7.78. The first-order valence-electron chi connectivity index (χ1n) is 5.80. The molecule has 3 nitrogen and oxygen atoms in total. The molecule has 0 aromatic heterocycles. The van der Waals surface area contributed by atoms with E-state index in [0.717, 1.165) is 16.9 Å². The van der Waals surface area contributed by atoms with E-state index in [1.807, 2.05) is 30.5 Å². The molecule has 0 heterocycles. The fourth-order valence-electron chi connectivity index (χ4n) is 1.42. The Balaban J connectivity index is 2.58. The minimum absolute atomic E-state index is 0.0749. The summed E-state index contributed by atoms with van der Waals surface area (Å²) in [6.07, 6.45) is 2.54. The average molecular weight is 262 g/mol. The van der Waals surface area contributed by atoms with E-state index in [4.69, 9.17) is 5.73 Å². The summed E-state index contributed by atoms with van der Waals surface area (Å²) in [5, 5.41) is 2.90. The monoisotopic (exact) mass is 262 g/mol. The van der Waals surface area contributed by atoms with Crippen molar-refractivity contribution in [2.45, 2.75) is 13.0 Å². The van der Waals surface area contributed by atoms with E-state index in [-0.39, 0.29) is 5.91 Å². The summed E-state index contributed by atoms with van der Waals surface area (Å²) < 4.78 is 0. The largest absolute Gasteiger partial charge is 0.352 e. The van der Waals surface area contributed by atoms with E-state index in [0.29, 0.717) is 19.5 Å². The second-order valence-electron chi connectivity index (χ2n) is 3.68. The zero-order chi connectivity index (χ0) is 13.2. The van der Waals surface area contributed by atoms with Gasteiger partial charge in [-0.25, -0.2) is 0 Å². The third-order valence-electron chi connectivity index (χ3n) is 2.35. The van der Waals surface area contributed by atoms with Gasteiger partial charge in [0.05, 0.1) is 6.54 Å². The number of carbonyl (C=O) groups is 1. The molecule has 0 saturated heterocycles. The highest BCUT2D eigenvalue weighted by atomic mass is 32.2. The summed E-state index contributed by atoms with van der Waals surface area (Å²) in [7, 11) is 0. The van der Waals surface area contributed by atoms with Crippen molar-refractivity contribution in [1.29, 1.82) is 0 Å². The van der Waals surface area contributed by atoms with Crippen LogP contribution in [0.5, 0.6) is 0 Å². The van der Waals surface area contributed by atoms with Gasteiger partial charge < -0.3 is 11.1 Å². The first-order valence-corrected chi connectivity index (χ1v) is 7.19. The molecule has 0 spiro atoms. The zero-order valence-corrected chi connectivity index (χ0v) is 11.3. The molecule has 3 N–H and O–H groups in total. The fraction of sp³-hybridized carbons (Fsp3) is 0.357. The SMILES string of the molecule is CSCCC(=O)NCc1ccccc1C#CCN. The van der Waals surface area contributed by atoms with E-state index in [1.165, 1.54) is 0 Å². The van der Waals surface area contributed by atoms with Crippen molar-refractivity contribution in [3.05, 3.63) is 35.4 Å². The van der Waals surface area contributed by atoms with Crippen LogP contribution in [0.1, 0.15) is 17.5 Å². The second-order valence-corrected chi connectivity index (χ2v) is 4.67. The molecule has 1 aromatic carbocycles. The number of nitrogens with one attached hydrogen (secondary N) is 1. The van der Waals surface area contributed by atoms with Crippen molar-refractivity contribution in [3.63, 3.8) is 0 Å². The molecule has 4 heteroatoms. The van der Waals surface area contributed by atoms with E-state index in [2.05, 4.69) is 17.2 Å². The van der Waals surface area contributed by atoms with Gasteiger partial charge in [-0.2, -0.15) is 11.8 Å². The van der Waals surface area contributed by atoms with Crippen molar-refractivity contribution < 1.29 is 4.79 Å². The molecule has 96 valence electrons. The first-order chi connectivity index (χ1) is 8.77. The van der Waals surface area contributed by atoms with Crippen molar-refractivity contribution in [2.24, 2.45) is 5.73 Å². The molecule has 0 aliphatic carbocycles. The Kier molecular flexibility index (Phi) is 7.00. The minimum atomic E-state index is 0.0749. The molecule has 0 fully saturated rings. The highest BCUT2D eigenvalue weighted by Gasteiger charge is 2.03. The van der Waals surface area contributed by atoms with E-state index >= 15 is 0 Å². The van der Waals surface area contributed by atoms with Crippen LogP contribution < -0.4 is 11.1 Å². The van der Waals surface area contributed by atoms with Crippen LogP contribution in [0.3, 0.4) is 0 Å². The van der Waals surface area contributed by atoms with Gasteiger partial charge in [0.1, 0.15) is 0 Å². The van der Waals surface area contributed by atoms with Crippen LogP contribution in [0.25, 0.3) is 0 Å². The summed E-state index contributed by atoms with van der Waals surface area (Å²) in [6.45, 7) is 0.858. The molecule has 0 aliphatic rings. The molecule has 0 atom stereocenters. The van der Waals surface area contributed by atoms with Gasteiger partial charge in [0, 0.05) is 24.3 Å². The maximum Gasteiger partial charge on any atom is 0.221 e. The summed E-state index contributed by atoms with van der Waals surface area (Å²) in [5.74, 6) is 6.76. The predicted octanol–water partition coefficient (Wildman–Crippen LogP) is 1.37. The Morgan fingerprint density at radius 2 is 2.22 bits per heavy atom. The lowest BCUT2D eigenvalue weighted by Crippen LogP contribution is -2.23. The van der Waals surface area contributed by atoms with Gasteiger partial charge >= 0.3 is 0 Å². The maximum atomic E-state index is 11.5. The Morgan fingerprint density at radius 3 is 2.94 bits per heavy atom. The molecule has 0 unspecified atom stereocenters. The first kappa shape index (κ1) is 14.6. The lowest BCUT2D eigenvalue weighted by molar-refractivity contribution is -0.120. The second kappa shape index (κ2) is 8.62. The van der Waals surface area contributed by atoms with Gasteiger partial charge in [-0.3, -0.25) is 4.79 Å². The van der Waals surface area contributed by atoms with Gasteiger partial charge in [0.25, 0.3) is 0 Å². The number of nitrogens with two attached hydrogens (primary N) is 1. The van der Waals surface area contributed by atoms with Gasteiger partial charge in [-0.1, -0.05) is 30.0 Å². The van der Waals surface area contributed by atoms with Gasteiger partial charge in [0.2, 0.25) is 5.91 Å². The predicted molar refractivity (Wildman–Crippen MR) is 77.2 cm³/mol. The van der Waals surface area contributed by atoms with E-state index in [1.54, 1.807) is 11.8 Å². The molecule has 1 amide bonds. The van der Waals surface area contributed by atoms with Crippen LogP contribution in [0, 0.1) is 11.8 Å². The van der Waals surface area contributed by atoms with Crippen LogP contribution in [-0.2, 0) is 11.3 Å². The molecular weight excluding hydrogens is 244 g/mol. The van der Waals surface area contributed by atoms with E-state index in [9.17, 15) is 4.79 Å². The van der Waals surface area contributed by atoms with E-state index < -0.39 is 0 Å². The number of carbonyl (C=O) groups excluding carboxylic acids is 1. The number of rotatable bonds is 5. The maximum absolute atomic E-state index is 11.5. The number of amides is 1. The average Bonchev–Trinajstić information content (AvgIpc) is 2.41. The zero-order valence-electron chi connectivity index (χ0n) is 10.5. The lowest BCUT2D eigenvalue weighted by Gasteiger charge is -2.06. The molecule has 1 rings (SSSR count). The Hall–Kier alpha value is -1.44. The quantitative estimate of drug-likeness (QED) is 0.788. The smallest absolute Gasteiger partial charge is 0.221 e. The molecular formula is C14H18N2OS. The summed E-state index contributed by atoms with van der Waals surface area (Å²) >= 11 is 1.67. The molecule has 1 aromatic rings. The Bertz CT molecular complexity index is 449. The van der Waals surface area contributed by atoms with Crippen LogP contribution in [-0.4, -0.2) is 24.5 Å². The van der Waals surface area contributed by atoms with Crippen LogP contribution in [0.4, 0.5) is 0 Å². The van der Waals surface area contributed by atoms with Gasteiger partial charge in [-0.05, 0) is 17.9 Å². The molecule has 0 radical (unpaired) electrons. The standard InChI is InChI=1S/C14H18N2OS/c1-18-10-8-14(17)16-11-13-6-3-2-5-12(13)7-4-9-15/h2-3,5-6H,8-11,15H2,1H3,(H,16,17). The van der Waals surface area contributed by atoms with Crippen LogP contribution in [0.15, 0.2) is 24.3 Å². The Labute approximate surface area is 113 Å². The van der Waals surface area contributed by atoms with Crippen LogP contribution >= 0.6 is 11.8 Å². The summed E-state index contributed by atoms with van der Waals surface area (Å²) in [4.78, 5) is 11.5. The van der Waals surface area contributed by atoms with Crippen molar-refractivity contribution >= 4 is 17.7 Å². The third kappa shape index (κ3) is 5.26. The van der Waals surface area contributed by atoms with Crippen molar-refractivity contribution in [1.82, 2.24) is 5.32 Å². The van der Waals surface area contributed by atoms with Crippen LogP contribution in [0.2, 0.25) is 0 Å². The van der Waals surface area contributed by atoms with Gasteiger partial charge in [0.15, 0.2) is 0 Å². The van der Waals surface area contributed by atoms with Gasteiger partial charge in [-0.15, -0.1) is 0 Å². The highest BCUT2D eigenvalue weighted by Crippen LogP contribution is 2.07. The Morgan fingerprint density at radius 1 is 1.44 bits per heavy atom. The molecule has 18 heavy (non-hydrogen) atoms. The lowest BCUT2D eigenvalue weighted by atomic mass is 10.1. The van der Waals surface area contributed by atoms with Crippen molar-refractivity contribution in [3.8, 4) is 11.8 Å². The third-order valence-corrected chi connectivity index (χ3v) is 2.96. The normalized spacial score (nSPS) is 9.44. The molecule has 0 aliphatic heterocycles. The highest BCUT2D eigenvalue weighted by molar-refractivity contribution is 7.98. The number of thioether (sulfide) groups is 1. The number of hydrogen-bond acceptors (Lipinski definition) is 3. The molecule has 0 bridgehead atoms. The number of hydrogen-bond donors (Lipinski definition) is 2. The molecule has 0 saturated carbocycles. The summed E-state index contributed by atoms with van der Waals surface area (Å²) in [5.41, 5.74) is 7.31. The van der Waals surface area contributed by atoms with Crippen molar-refractivity contribution in [2.75, 3.05) is 18.6 Å². The minimum Gasteiger partial charge on any atom is -0.352 e. The topological polar surface area (TPSA) is 55.1 Å². The number of benzene rings is 1. The fourth-order valence-corrected chi connectivity index (χ4v) is 1.81.